The van der Waals surface area contributed by atoms with Gasteiger partial charge in [0.1, 0.15) is 0 Å². The molecule has 0 amide bonds. The van der Waals surface area contributed by atoms with Crippen molar-refractivity contribution in [3.05, 3.63) is 18.0 Å². The van der Waals surface area contributed by atoms with Crippen LogP contribution in [0.2, 0.25) is 0 Å². The molecule has 2 heterocycles. The van der Waals surface area contributed by atoms with Gasteiger partial charge in [-0.1, -0.05) is 0 Å². The quantitative estimate of drug-likeness (QED) is 0.796. The Kier molecular flexibility index (Phi) is 5.16. The zero-order valence-corrected chi connectivity index (χ0v) is 11.2. The molecule has 0 unspecified atom stereocenters. The van der Waals surface area contributed by atoms with Crippen molar-refractivity contribution in [2.24, 2.45) is 12.8 Å². The van der Waals surface area contributed by atoms with Crippen molar-refractivity contribution < 1.29 is 4.74 Å². The number of likely N-dealkylation sites (tertiary alicyclic amines) is 1. The van der Waals surface area contributed by atoms with Crippen LogP contribution in [0.1, 0.15) is 18.4 Å². The second kappa shape index (κ2) is 6.87. The Bertz CT molecular complexity index is 345. The Balaban J connectivity index is 1.64. The Morgan fingerprint density at radius 1 is 1.44 bits per heavy atom. The van der Waals surface area contributed by atoms with Crippen LogP contribution in [-0.2, 0) is 18.2 Å². The third kappa shape index (κ3) is 4.08. The van der Waals surface area contributed by atoms with Gasteiger partial charge in [-0.15, -0.1) is 0 Å². The van der Waals surface area contributed by atoms with Crippen LogP contribution < -0.4 is 5.73 Å². The molecule has 0 atom stereocenters. The van der Waals surface area contributed by atoms with Crippen LogP contribution in [0.3, 0.4) is 0 Å². The molecule has 1 aliphatic heterocycles. The van der Waals surface area contributed by atoms with Crippen molar-refractivity contribution in [3.63, 3.8) is 0 Å². The SMILES string of the molecule is Cn1cc(CCN2CCC(OCCN)CC2)cn1. The third-order valence-electron chi connectivity index (χ3n) is 3.48. The molecule has 0 radical (unpaired) electrons. The first-order valence-corrected chi connectivity index (χ1v) is 6.79. The fourth-order valence-electron chi connectivity index (χ4n) is 2.42. The molecule has 2 rings (SSSR count). The average molecular weight is 252 g/mol. The van der Waals surface area contributed by atoms with Crippen LogP contribution in [0.4, 0.5) is 0 Å². The summed E-state index contributed by atoms with van der Waals surface area (Å²) in [6.45, 7) is 4.71. The fourth-order valence-corrected chi connectivity index (χ4v) is 2.42. The molecule has 1 aromatic heterocycles. The number of hydrogen-bond acceptors (Lipinski definition) is 4. The van der Waals surface area contributed by atoms with Gasteiger partial charge in [0.05, 0.1) is 18.9 Å². The van der Waals surface area contributed by atoms with Gasteiger partial charge < -0.3 is 15.4 Å². The number of aryl methyl sites for hydroxylation is 1. The van der Waals surface area contributed by atoms with Gasteiger partial charge in [0.25, 0.3) is 0 Å². The highest BCUT2D eigenvalue weighted by Gasteiger charge is 2.19. The lowest BCUT2D eigenvalue weighted by Gasteiger charge is -2.31. The topological polar surface area (TPSA) is 56.3 Å². The normalized spacial score (nSPS) is 18.3. The maximum Gasteiger partial charge on any atom is 0.0600 e. The van der Waals surface area contributed by atoms with Gasteiger partial charge in [0.2, 0.25) is 0 Å². The lowest BCUT2D eigenvalue weighted by atomic mass is 10.1. The van der Waals surface area contributed by atoms with Gasteiger partial charge in [-0.2, -0.15) is 5.10 Å². The summed E-state index contributed by atoms with van der Waals surface area (Å²) >= 11 is 0. The predicted octanol–water partition coefficient (Wildman–Crippen LogP) is 0.402. The van der Waals surface area contributed by atoms with E-state index in [0.717, 1.165) is 38.9 Å². The molecule has 5 heteroatoms. The molecule has 1 saturated heterocycles. The van der Waals surface area contributed by atoms with Crippen LogP contribution in [0.25, 0.3) is 0 Å². The summed E-state index contributed by atoms with van der Waals surface area (Å²) in [6.07, 6.45) is 7.82. The minimum Gasteiger partial charge on any atom is -0.377 e. The van der Waals surface area contributed by atoms with Gasteiger partial charge in [-0.05, 0) is 24.8 Å². The molecule has 18 heavy (non-hydrogen) atoms. The maximum atomic E-state index is 5.68. The standard InChI is InChI=1S/C13H24N4O/c1-16-11-12(10-15-16)2-6-17-7-3-13(4-8-17)18-9-5-14/h10-11,13H,2-9,14H2,1H3. The number of nitrogens with zero attached hydrogens (tertiary/aromatic N) is 3. The summed E-state index contributed by atoms with van der Waals surface area (Å²) in [5.41, 5.74) is 6.76. The number of aromatic nitrogens is 2. The third-order valence-corrected chi connectivity index (χ3v) is 3.48. The summed E-state index contributed by atoms with van der Waals surface area (Å²) in [7, 11) is 1.96. The second-order valence-electron chi connectivity index (χ2n) is 4.97. The Hall–Kier alpha value is -0.910. The number of piperidine rings is 1. The molecule has 1 aromatic rings. The van der Waals surface area contributed by atoms with E-state index in [1.54, 1.807) is 0 Å². The summed E-state index contributed by atoms with van der Waals surface area (Å²) in [5.74, 6) is 0. The summed E-state index contributed by atoms with van der Waals surface area (Å²) in [6, 6.07) is 0. The molecule has 0 bridgehead atoms. The van der Waals surface area contributed by atoms with Crippen molar-refractivity contribution in [3.8, 4) is 0 Å². The molecule has 102 valence electrons. The smallest absolute Gasteiger partial charge is 0.0600 e. The first kappa shape index (κ1) is 13.5. The minimum absolute atomic E-state index is 0.420. The van der Waals surface area contributed by atoms with Gasteiger partial charge in [-0.25, -0.2) is 0 Å². The van der Waals surface area contributed by atoms with E-state index < -0.39 is 0 Å². The van der Waals surface area contributed by atoms with Crippen molar-refractivity contribution in [2.45, 2.75) is 25.4 Å². The van der Waals surface area contributed by atoms with Gasteiger partial charge in [-0.3, -0.25) is 4.68 Å². The predicted molar refractivity (Wildman–Crippen MR) is 71.4 cm³/mol. The highest BCUT2D eigenvalue weighted by Crippen LogP contribution is 2.14. The molecule has 2 N–H and O–H groups in total. The molecular formula is C13H24N4O. The molecular weight excluding hydrogens is 228 g/mol. The average Bonchev–Trinajstić information content (AvgIpc) is 2.81. The first-order chi connectivity index (χ1) is 8.78. The molecule has 0 spiro atoms. The van der Waals surface area contributed by atoms with Gasteiger partial charge >= 0.3 is 0 Å². The number of rotatable bonds is 6. The maximum absolute atomic E-state index is 5.68. The zero-order valence-electron chi connectivity index (χ0n) is 11.2. The molecule has 5 nitrogen and oxygen atoms in total. The molecule has 0 aromatic carbocycles. The molecule has 1 aliphatic rings. The van der Waals surface area contributed by atoms with Crippen LogP contribution in [0.5, 0.6) is 0 Å². The van der Waals surface area contributed by atoms with E-state index in [1.807, 2.05) is 17.9 Å². The van der Waals surface area contributed by atoms with E-state index in [1.165, 1.54) is 5.56 Å². The Morgan fingerprint density at radius 2 is 2.22 bits per heavy atom. The number of ether oxygens (including phenoxy) is 1. The molecule has 0 saturated carbocycles. The fraction of sp³-hybridized carbons (Fsp3) is 0.769. The van der Waals surface area contributed by atoms with Crippen molar-refractivity contribution in [2.75, 3.05) is 32.8 Å². The second-order valence-corrected chi connectivity index (χ2v) is 4.97. The van der Waals surface area contributed by atoms with E-state index in [-0.39, 0.29) is 0 Å². The highest BCUT2D eigenvalue weighted by atomic mass is 16.5. The van der Waals surface area contributed by atoms with E-state index in [4.69, 9.17) is 10.5 Å². The number of nitrogens with two attached hydrogens (primary N) is 1. The van der Waals surface area contributed by atoms with Crippen molar-refractivity contribution in [1.29, 1.82) is 0 Å². The van der Waals surface area contributed by atoms with Gasteiger partial charge in [0.15, 0.2) is 0 Å². The minimum atomic E-state index is 0.420. The largest absolute Gasteiger partial charge is 0.377 e. The van der Waals surface area contributed by atoms with E-state index in [9.17, 15) is 0 Å². The number of hydrogen-bond donors (Lipinski definition) is 1. The molecule has 1 fully saturated rings. The monoisotopic (exact) mass is 252 g/mol. The van der Waals surface area contributed by atoms with E-state index in [0.29, 0.717) is 19.3 Å². The summed E-state index contributed by atoms with van der Waals surface area (Å²) < 4.78 is 7.54. The van der Waals surface area contributed by atoms with Crippen LogP contribution in [-0.4, -0.2) is 53.6 Å². The lowest BCUT2D eigenvalue weighted by Crippen LogP contribution is -2.38. The zero-order chi connectivity index (χ0) is 12.8. The van der Waals surface area contributed by atoms with Crippen molar-refractivity contribution in [1.82, 2.24) is 14.7 Å². The van der Waals surface area contributed by atoms with Crippen LogP contribution in [0, 0.1) is 0 Å². The van der Waals surface area contributed by atoms with Crippen LogP contribution in [0.15, 0.2) is 12.4 Å². The highest BCUT2D eigenvalue weighted by molar-refractivity contribution is 5.04. The lowest BCUT2D eigenvalue weighted by molar-refractivity contribution is 0.0118. The van der Waals surface area contributed by atoms with E-state index >= 15 is 0 Å². The van der Waals surface area contributed by atoms with Gasteiger partial charge in [0, 0.05) is 39.4 Å². The van der Waals surface area contributed by atoms with E-state index in [2.05, 4.69) is 16.2 Å². The summed E-state index contributed by atoms with van der Waals surface area (Å²) in [5, 5.41) is 4.19. The molecule has 0 aliphatic carbocycles. The first-order valence-electron chi connectivity index (χ1n) is 6.79. The Morgan fingerprint density at radius 3 is 2.83 bits per heavy atom. The van der Waals surface area contributed by atoms with Crippen molar-refractivity contribution >= 4 is 0 Å². The summed E-state index contributed by atoms with van der Waals surface area (Å²) in [4.78, 5) is 2.51. The van der Waals surface area contributed by atoms with Crippen LogP contribution >= 0.6 is 0 Å². The Labute approximate surface area is 109 Å².